The number of hydrogen-bond acceptors (Lipinski definition) is 4. The molecule has 1 saturated carbocycles. The molecule has 3 fully saturated rings. The van der Waals surface area contributed by atoms with Crippen molar-refractivity contribution in [3.63, 3.8) is 0 Å². The van der Waals surface area contributed by atoms with Crippen LogP contribution in [0.5, 0.6) is 0 Å². The first kappa shape index (κ1) is 21.9. The highest BCUT2D eigenvalue weighted by Crippen LogP contribution is 2.25. The Hall–Kier alpha value is -1.34. The zero-order valence-electron chi connectivity index (χ0n) is 17.4. The standard InChI is InChI=1S/C22H30Cl2N4O2/c23-18-5-4-17(20(24)15-18)14-21(29)27-8-6-25(7-9-27)16-22(30)28-12-10-26(11-13-28)19-2-1-3-19/h4-5,15,19H,1-3,6-14,16H2. The highest BCUT2D eigenvalue weighted by atomic mass is 35.5. The maximum Gasteiger partial charge on any atom is 0.236 e. The van der Waals surface area contributed by atoms with E-state index in [2.05, 4.69) is 9.80 Å². The number of piperazine rings is 2. The van der Waals surface area contributed by atoms with Crippen LogP contribution in [0.15, 0.2) is 18.2 Å². The van der Waals surface area contributed by atoms with Gasteiger partial charge < -0.3 is 9.80 Å². The SMILES string of the molecule is O=C(Cc1ccc(Cl)cc1Cl)N1CCN(CC(=O)N2CCN(C3CCC3)CC2)CC1. The smallest absolute Gasteiger partial charge is 0.236 e. The second kappa shape index (κ2) is 9.86. The molecular formula is C22H30Cl2N4O2. The lowest BCUT2D eigenvalue weighted by molar-refractivity contribution is -0.136. The summed E-state index contributed by atoms with van der Waals surface area (Å²) in [6.45, 7) is 6.90. The molecule has 4 rings (SSSR count). The number of halogens is 2. The highest BCUT2D eigenvalue weighted by Gasteiger charge is 2.30. The molecular weight excluding hydrogens is 423 g/mol. The van der Waals surface area contributed by atoms with Crippen LogP contribution < -0.4 is 0 Å². The summed E-state index contributed by atoms with van der Waals surface area (Å²) < 4.78 is 0. The summed E-state index contributed by atoms with van der Waals surface area (Å²) in [5, 5.41) is 1.09. The summed E-state index contributed by atoms with van der Waals surface area (Å²) in [4.78, 5) is 33.9. The molecule has 0 N–H and O–H groups in total. The van der Waals surface area contributed by atoms with Crippen molar-refractivity contribution >= 4 is 35.0 Å². The van der Waals surface area contributed by atoms with Gasteiger partial charge in [-0.2, -0.15) is 0 Å². The quantitative estimate of drug-likeness (QED) is 0.687. The summed E-state index contributed by atoms with van der Waals surface area (Å²) in [5.74, 6) is 0.285. The first-order chi connectivity index (χ1) is 14.5. The third-order valence-electron chi connectivity index (χ3n) is 6.70. The first-order valence-electron chi connectivity index (χ1n) is 11.0. The van der Waals surface area contributed by atoms with Crippen LogP contribution >= 0.6 is 23.2 Å². The van der Waals surface area contributed by atoms with Gasteiger partial charge in [-0.3, -0.25) is 19.4 Å². The van der Waals surface area contributed by atoms with Crippen molar-refractivity contribution in [2.75, 3.05) is 58.9 Å². The zero-order chi connectivity index (χ0) is 21.1. The minimum Gasteiger partial charge on any atom is -0.340 e. The van der Waals surface area contributed by atoms with Crippen LogP contribution in [-0.2, 0) is 16.0 Å². The number of nitrogens with zero attached hydrogens (tertiary/aromatic N) is 4. The largest absolute Gasteiger partial charge is 0.340 e. The average molecular weight is 453 g/mol. The Morgan fingerprint density at radius 1 is 0.867 bits per heavy atom. The fraction of sp³-hybridized carbons (Fsp3) is 0.636. The molecule has 0 unspecified atom stereocenters. The molecule has 1 aromatic carbocycles. The lowest BCUT2D eigenvalue weighted by atomic mass is 9.91. The highest BCUT2D eigenvalue weighted by molar-refractivity contribution is 6.35. The van der Waals surface area contributed by atoms with Crippen molar-refractivity contribution in [2.45, 2.75) is 31.7 Å². The molecule has 2 saturated heterocycles. The van der Waals surface area contributed by atoms with Gasteiger partial charge in [-0.15, -0.1) is 0 Å². The predicted octanol–water partition coefficient (Wildman–Crippen LogP) is 2.38. The molecule has 8 heteroatoms. The van der Waals surface area contributed by atoms with Crippen LogP contribution in [0.4, 0.5) is 0 Å². The van der Waals surface area contributed by atoms with E-state index >= 15 is 0 Å². The molecule has 0 bridgehead atoms. The van der Waals surface area contributed by atoms with E-state index in [1.54, 1.807) is 12.1 Å². The van der Waals surface area contributed by atoms with E-state index in [9.17, 15) is 9.59 Å². The summed E-state index contributed by atoms with van der Waals surface area (Å²) in [6, 6.07) is 5.99. The topological polar surface area (TPSA) is 47.1 Å². The fourth-order valence-corrected chi connectivity index (χ4v) is 4.95. The fourth-order valence-electron chi connectivity index (χ4n) is 4.47. The molecule has 1 aliphatic carbocycles. The molecule has 164 valence electrons. The lowest BCUT2D eigenvalue weighted by Crippen LogP contribution is -2.56. The molecule has 0 spiro atoms. The van der Waals surface area contributed by atoms with Gasteiger partial charge in [0.2, 0.25) is 11.8 Å². The van der Waals surface area contributed by atoms with Gasteiger partial charge in [-0.05, 0) is 30.5 Å². The predicted molar refractivity (Wildman–Crippen MR) is 119 cm³/mol. The normalized spacial score (nSPS) is 21.5. The number of hydrogen-bond donors (Lipinski definition) is 0. The van der Waals surface area contributed by atoms with Gasteiger partial charge in [-0.25, -0.2) is 0 Å². The third-order valence-corrected chi connectivity index (χ3v) is 7.29. The van der Waals surface area contributed by atoms with Gasteiger partial charge >= 0.3 is 0 Å². The van der Waals surface area contributed by atoms with E-state index < -0.39 is 0 Å². The molecule has 2 heterocycles. The summed E-state index contributed by atoms with van der Waals surface area (Å²) in [6.07, 6.45) is 4.27. The maximum absolute atomic E-state index is 12.7. The Morgan fingerprint density at radius 2 is 1.50 bits per heavy atom. The second-order valence-electron chi connectivity index (χ2n) is 8.57. The van der Waals surface area contributed by atoms with Crippen molar-refractivity contribution < 1.29 is 9.59 Å². The van der Waals surface area contributed by atoms with Gasteiger partial charge in [-0.1, -0.05) is 35.7 Å². The average Bonchev–Trinajstić information content (AvgIpc) is 2.70. The van der Waals surface area contributed by atoms with Crippen LogP contribution in [0.25, 0.3) is 0 Å². The van der Waals surface area contributed by atoms with Crippen LogP contribution in [0.1, 0.15) is 24.8 Å². The van der Waals surface area contributed by atoms with E-state index in [4.69, 9.17) is 23.2 Å². The molecule has 0 radical (unpaired) electrons. The summed E-state index contributed by atoms with van der Waals surface area (Å²) in [7, 11) is 0. The van der Waals surface area contributed by atoms with Crippen molar-refractivity contribution in [2.24, 2.45) is 0 Å². The third kappa shape index (κ3) is 5.28. The number of amides is 2. The Kier molecular flexibility index (Phi) is 7.19. The van der Waals surface area contributed by atoms with Gasteiger partial charge in [0.05, 0.1) is 13.0 Å². The van der Waals surface area contributed by atoms with Crippen molar-refractivity contribution in [3.8, 4) is 0 Å². The molecule has 30 heavy (non-hydrogen) atoms. The van der Waals surface area contributed by atoms with Gasteiger partial charge in [0.15, 0.2) is 0 Å². The van der Waals surface area contributed by atoms with Crippen LogP contribution in [0.2, 0.25) is 10.0 Å². The number of benzene rings is 1. The molecule has 0 atom stereocenters. The van der Waals surface area contributed by atoms with Gasteiger partial charge in [0.1, 0.15) is 0 Å². The minimum absolute atomic E-state index is 0.0670. The van der Waals surface area contributed by atoms with E-state index in [-0.39, 0.29) is 18.2 Å². The van der Waals surface area contributed by atoms with Crippen LogP contribution in [-0.4, -0.2) is 96.4 Å². The number of rotatable bonds is 5. The number of carbonyl (C=O) groups excluding carboxylic acids is 2. The molecule has 2 aliphatic heterocycles. The van der Waals surface area contributed by atoms with Gasteiger partial charge in [0.25, 0.3) is 0 Å². The Balaban J connectivity index is 1.19. The van der Waals surface area contributed by atoms with E-state index in [1.165, 1.54) is 19.3 Å². The van der Waals surface area contributed by atoms with Gasteiger partial charge in [0, 0.05) is 68.4 Å². The van der Waals surface area contributed by atoms with E-state index in [0.29, 0.717) is 29.7 Å². The Bertz CT molecular complexity index is 770. The second-order valence-corrected chi connectivity index (χ2v) is 9.41. The Labute approximate surface area is 188 Å². The van der Waals surface area contributed by atoms with Crippen LogP contribution in [0.3, 0.4) is 0 Å². The molecule has 1 aromatic rings. The van der Waals surface area contributed by atoms with Crippen LogP contribution in [0, 0.1) is 0 Å². The number of carbonyl (C=O) groups is 2. The summed E-state index contributed by atoms with van der Waals surface area (Å²) in [5.41, 5.74) is 0.796. The van der Waals surface area contributed by atoms with Crippen molar-refractivity contribution in [3.05, 3.63) is 33.8 Å². The van der Waals surface area contributed by atoms with Crippen molar-refractivity contribution in [1.29, 1.82) is 0 Å². The molecule has 3 aliphatic rings. The molecule has 0 aromatic heterocycles. The van der Waals surface area contributed by atoms with E-state index in [0.717, 1.165) is 50.9 Å². The minimum atomic E-state index is 0.0670. The Morgan fingerprint density at radius 3 is 2.10 bits per heavy atom. The summed E-state index contributed by atoms with van der Waals surface area (Å²) >= 11 is 12.1. The molecule has 2 amide bonds. The maximum atomic E-state index is 12.7. The monoisotopic (exact) mass is 452 g/mol. The first-order valence-corrected chi connectivity index (χ1v) is 11.7. The van der Waals surface area contributed by atoms with Crippen molar-refractivity contribution in [1.82, 2.24) is 19.6 Å². The zero-order valence-corrected chi connectivity index (χ0v) is 18.9. The molecule has 6 nitrogen and oxygen atoms in total. The van der Waals surface area contributed by atoms with E-state index in [1.807, 2.05) is 15.9 Å². The lowest BCUT2D eigenvalue weighted by Gasteiger charge is -2.43.